The van der Waals surface area contributed by atoms with Gasteiger partial charge in [-0.1, -0.05) is 23.2 Å². The normalized spacial score (nSPS) is 16.9. The lowest BCUT2D eigenvalue weighted by Crippen LogP contribution is -2.35. The summed E-state index contributed by atoms with van der Waals surface area (Å²) in [5, 5.41) is 9.50. The summed E-state index contributed by atoms with van der Waals surface area (Å²) in [5.74, 6) is -0.789. The molecule has 0 radical (unpaired) electrons. The van der Waals surface area contributed by atoms with Crippen molar-refractivity contribution < 1.29 is 14.7 Å². The van der Waals surface area contributed by atoms with Crippen LogP contribution in [-0.2, 0) is 9.59 Å². The first-order chi connectivity index (χ1) is 8.50. The maximum atomic E-state index is 11.9. The fourth-order valence-corrected chi connectivity index (χ4v) is 2.36. The highest BCUT2D eigenvalue weighted by Crippen LogP contribution is 2.36. The zero-order chi connectivity index (χ0) is 13.3. The Kier molecular flexibility index (Phi) is 3.78. The van der Waals surface area contributed by atoms with Crippen molar-refractivity contribution in [2.24, 2.45) is 0 Å². The topological polar surface area (TPSA) is 57.6 Å². The Hall–Kier alpha value is -1.26. The lowest BCUT2D eigenvalue weighted by atomic mass is 10.2. The van der Waals surface area contributed by atoms with Gasteiger partial charge in [0.1, 0.15) is 0 Å². The van der Waals surface area contributed by atoms with Crippen LogP contribution in [0.5, 0.6) is 5.75 Å². The molecule has 1 N–H and O–H groups in total. The number of phenolic OH excluding ortho intramolecular Hbond substituents is 1. The van der Waals surface area contributed by atoms with Crippen LogP contribution in [0.15, 0.2) is 12.1 Å². The van der Waals surface area contributed by atoms with E-state index in [-0.39, 0.29) is 27.6 Å². The Balaban J connectivity index is 2.45. The van der Waals surface area contributed by atoms with Crippen LogP contribution in [0.25, 0.3) is 0 Å². The molecule has 18 heavy (non-hydrogen) atoms. The number of phenols is 1. The van der Waals surface area contributed by atoms with Crippen molar-refractivity contribution in [1.29, 1.82) is 0 Å². The molecule has 0 bridgehead atoms. The van der Waals surface area contributed by atoms with Gasteiger partial charge < -0.3 is 5.11 Å². The minimum absolute atomic E-state index is 0.0161. The lowest BCUT2D eigenvalue weighted by molar-refractivity contribution is -0.125. The molecule has 0 atom stereocenters. The molecule has 1 saturated heterocycles. The Labute approximate surface area is 114 Å². The Bertz CT molecular complexity index is 475. The summed E-state index contributed by atoms with van der Waals surface area (Å²) in [7, 11) is 0. The van der Waals surface area contributed by atoms with Gasteiger partial charge in [-0.05, 0) is 25.0 Å². The van der Waals surface area contributed by atoms with Crippen molar-refractivity contribution in [3.8, 4) is 5.75 Å². The van der Waals surface area contributed by atoms with Gasteiger partial charge in [0.25, 0.3) is 0 Å². The predicted octanol–water partition coefficient (Wildman–Crippen LogP) is 3.13. The van der Waals surface area contributed by atoms with Crippen molar-refractivity contribution in [3.63, 3.8) is 0 Å². The molecule has 2 amide bonds. The zero-order valence-electron chi connectivity index (χ0n) is 9.45. The van der Waals surface area contributed by atoms with E-state index in [4.69, 9.17) is 23.2 Å². The van der Waals surface area contributed by atoms with Gasteiger partial charge in [0.05, 0.1) is 15.7 Å². The highest BCUT2D eigenvalue weighted by Gasteiger charge is 2.26. The number of amides is 2. The third-order valence-electron chi connectivity index (χ3n) is 2.79. The first kappa shape index (κ1) is 13.2. The van der Waals surface area contributed by atoms with E-state index in [0.717, 1.165) is 4.90 Å². The average molecular weight is 288 g/mol. The molecule has 1 aliphatic rings. The molecule has 1 aliphatic heterocycles. The number of benzene rings is 1. The molecule has 0 aromatic heterocycles. The monoisotopic (exact) mass is 287 g/mol. The number of carbonyl (C=O) groups excluding carboxylic acids is 2. The first-order valence-corrected chi connectivity index (χ1v) is 6.30. The quantitative estimate of drug-likeness (QED) is 0.808. The fourth-order valence-electron chi connectivity index (χ4n) is 1.88. The summed E-state index contributed by atoms with van der Waals surface area (Å²) in [5.41, 5.74) is 0.305. The number of imide groups is 1. The Morgan fingerprint density at radius 2 is 1.44 bits per heavy atom. The molecule has 0 unspecified atom stereocenters. The van der Waals surface area contributed by atoms with Gasteiger partial charge in [0.2, 0.25) is 11.8 Å². The minimum Gasteiger partial charge on any atom is -0.505 e. The van der Waals surface area contributed by atoms with Crippen LogP contribution in [0.1, 0.15) is 25.7 Å². The van der Waals surface area contributed by atoms with Crippen molar-refractivity contribution in [2.45, 2.75) is 25.7 Å². The highest BCUT2D eigenvalue weighted by molar-refractivity contribution is 6.38. The first-order valence-electron chi connectivity index (χ1n) is 5.54. The molecule has 1 heterocycles. The average Bonchev–Trinajstić information content (AvgIpc) is 2.47. The lowest BCUT2D eigenvalue weighted by Gasteiger charge is -2.19. The SMILES string of the molecule is O=C1CCCCC(=O)N1c1cc(Cl)c(O)c(Cl)c1. The molecule has 0 spiro atoms. The van der Waals surface area contributed by atoms with Crippen LogP contribution < -0.4 is 4.90 Å². The number of hydrogen-bond donors (Lipinski definition) is 1. The molecule has 1 aromatic rings. The highest BCUT2D eigenvalue weighted by atomic mass is 35.5. The van der Waals surface area contributed by atoms with Gasteiger partial charge in [-0.2, -0.15) is 0 Å². The molecule has 96 valence electrons. The summed E-state index contributed by atoms with van der Waals surface area (Å²) in [6.45, 7) is 0. The van der Waals surface area contributed by atoms with E-state index in [9.17, 15) is 14.7 Å². The molecule has 4 nitrogen and oxygen atoms in total. The van der Waals surface area contributed by atoms with E-state index in [2.05, 4.69) is 0 Å². The zero-order valence-corrected chi connectivity index (χ0v) is 11.0. The van der Waals surface area contributed by atoms with Gasteiger partial charge in [0.15, 0.2) is 5.75 Å². The second kappa shape index (κ2) is 5.16. The summed E-state index contributed by atoms with van der Waals surface area (Å²) < 4.78 is 0. The number of rotatable bonds is 1. The molecule has 0 aliphatic carbocycles. The molecule has 6 heteroatoms. The third-order valence-corrected chi connectivity index (χ3v) is 3.37. The van der Waals surface area contributed by atoms with Gasteiger partial charge in [-0.3, -0.25) is 14.5 Å². The van der Waals surface area contributed by atoms with Crippen LogP contribution in [0, 0.1) is 0 Å². The van der Waals surface area contributed by atoms with Crippen LogP contribution in [0.2, 0.25) is 10.0 Å². The van der Waals surface area contributed by atoms with Crippen LogP contribution in [-0.4, -0.2) is 16.9 Å². The summed E-state index contributed by atoms with van der Waals surface area (Å²) in [6, 6.07) is 2.73. The smallest absolute Gasteiger partial charge is 0.233 e. The number of halogens is 2. The molecule has 1 fully saturated rings. The fraction of sp³-hybridized carbons (Fsp3) is 0.333. The van der Waals surface area contributed by atoms with Crippen molar-refractivity contribution in [2.75, 3.05) is 4.90 Å². The summed E-state index contributed by atoms with van der Waals surface area (Å²) >= 11 is 11.6. The number of carbonyl (C=O) groups is 2. The van der Waals surface area contributed by atoms with Crippen molar-refractivity contribution in [3.05, 3.63) is 22.2 Å². The largest absolute Gasteiger partial charge is 0.505 e. The van der Waals surface area contributed by atoms with Gasteiger partial charge in [-0.15, -0.1) is 0 Å². The van der Waals surface area contributed by atoms with E-state index in [1.165, 1.54) is 12.1 Å². The minimum atomic E-state index is -0.268. The second-order valence-electron chi connectivity index (χ2n) is 4.09. The number of hydrogen-bond acceptors (Lipinski definition) is 3. The maximum Gasteiger partial charge on any atom is 0.233 e. The van der Waals surface area contributed by atoms with Crippen LogP contribution in [0.4, 0.5) is 5.69 Å². The van der Waals surface area contributed by atoms with Crippen LogP contribution >= 0.6 is 23.2 Å². The third kappa shape index (κ3) is 2.44. The second-order valence-corrected chi connectivity index (χ2v) is 4.90. The summed E-state index contributed by atoms with van der Waals surface area (Å²) in [6.07, 6.45) is 2.03. The summed E-state index contributed by atoms with van der Waals surface area (Å²) in [4.78, 5) is 24.9. The Morgan fingerprint density at radius 1 is 1.00 bits per heavy atom. The van der Waals surface area contributed by atoms with Crippen molar-refractivity contribution >= 4 is 40.7 Å². The van der Waals surface area contributed by atoms with Crippen molar-refractivity contribution in [1.82, 2.24) is 0 Å². The molecule has 1 aromatic carbocycles. The number of anilines is 1. The van der Waals surface area contributed by atoms with Gasteiger partial charge in [0, 0.05) is 12.8 Å². The number of aromatic hydroxyl groups is 1. The van der Waals surface area contributed by atoms with E-state index in [1.807, 2.05) is 0 Å². The molecule has 0 saturated carbocycles. The standard InChI is InChI=1S/C12H11Cl2NO3/c13-8-5-7(6-9(14)12(8)18)15-10(16)3-1-2-4-11(15)17/h5-6,18H,1-4H2. The van der Waals surface area contributed by atoms with E-state index in [1.54, 1.807) is 0 Å². The van der Waals surface area contributed by atoms with E-state index in [0.29, 0.717) is 31.4 Å². The van der Waals surface area contributed by atoms with Gasteiger partial charge >= 0.3 is 0 Å². The predicted molar refractivity (Wildman–Crippen MR) is 69.1 cm³/mol. The Morgan fingerprint density at radius 3 is 1.89 bits per heavy atom. The molecule has 2 rings (SSSR count). The van der Waals surface area contributed by atoms with E-state index < -0.39 is 0 Å². The van der Waals surface area contributed by atoms with Gasteiger partial charge in [-0.25, -0.2) is 0 Å². The molecular weight excluding hydrogens is 277 g/mol. The molecular formula is C12H11Cl2NO3. The van der Waals surface area contributed by atoms with Crippen LogP contribution in [0.3, 0.4) is 0 Å². The van der Waals surface area contributed by atoms with E-state index >= 15 is 0 Å². The number of nitrogens with zero attached hydrogens (tertiary/aromatic N) is 1. The maximum absolute atomic E-state index is 11.9.